The Kier molecular flexibility index (Phi) is 5.43. The second-order valence-corrected chi connectivity index (χ2v) is 7.22. The predicted octanol–water partition coefficient (Wildman–Crippen LogP) is 2.86. The lowest BCUT2D eigenvalue weighted by Crippen LogP contribution is -2.44. The quantitative estimate of drug-likeness (QED) is 0.546. The molecule has 7 nitrogen and oxygen atoms in total. The van der Waals surface area contributed by atoms with Crippen LogP contribution in [0.15, 0.2) is 0 Å². The summed E-state index contributed by atoms with van der Waals surface area (Å²) in [4.78, 5) is 36.9. The Morgan fingerprint density at radius 1 is 0.955 bits per heavy atom. The van der Waals surface area contributed by atoms with E-state index in [1.54, 1.807) is 41.5 Å². The molecule has 0 saturated carbocycles. The van der Waals surface area contributed by atoms with Gasteiger partial charge in [-0.05, 0) is 54.4 Å². The fourth-order valence-electron chi connectivity index (χ4n) is 1.97. The first-order valence-corrected chi connectivity index (χ1v) is 7.33. The molecule has 0 spiro atoms. The lowest BCUT2D eigenvalue weighted by Gasteiger charge is -2.27. The van der Waals surface area contributed by atoms with E-state index in [9.17, 15) is 14.4 Å². The van der Waals surface area contributed by atoms with E-state index in [1.165, 1.54) is 4.90 Å². The van der Waals surface area contributed by atoms with Gasteiger partial charge in [0.25, 0.3) is 0 Å². The van der Waals surface area contributed by atoms with E-state index in [0.29, 0.717) is 19.4 Å². The molecule has 1 rings (SSSR count). The van der Waals surface area contributed by atoms with Gasteiger partial charge in [0.05, 0.1) is 0 Å². The Balaban J connectivity index is 2.64. The van der Waals surface area contributed by atoms with Crippen LogP contribution in [0.2, 0.25) is 0 Å². The molecule has 0 radical (unpaired) electrons. The van der Waals surface area contributed by atoms with E-state index in [1.807, 2.05) is 0 Å². The normalized spacial score (nSPS) is 18.8. The fraction of sp³-hybridized carbons (Fsp3) is 0.800. The minimum Gasteiger partial charge on any atom is -0.444 e. The molecule has 1 saturated heterocycles. The molecule has 22 heavy (non-hydrogen) atoms. The molecule has 0 aromatic heterocycles. The molecule has 1 aliphatic rings. The van der Waals surface area contributed by atoms with Crippen molar-refractivity contribution < 1.29 is 28.6 Å². The van der Waals surface area contributed by atoms with Gasteiger partial charge < -0.3 is 14.2 Å². The first-order valence-electron chi connectivity index (χ1n) is 7.33. The van der Waals surface area contributed by atoms with Gasteiger partial charge in [0.15, 0.2) is 0 Å². The standard InChI is InChI=1S/C15H25NO6/c1-14(2,3)21-12(18)16-9-7-8-10(16)11(17)20-13(19)22-15(4,5)6/h10H,7-9H2,1-6H3. The molecule has 0 N–H and O–H groups in total. The summed E-state index contributed by atoms with van der Waals surface area (Å²) >= 11 is 0. The van der Waals surface area contributed by atoms with Gasteiger partial charge in [0, 0.05) is 6.54 Å². The van der Waals surface area contributed by atoms with Gasteiger partial charge in [-0.1, -0.05) is 0 Å². The third-order valence-electron chi connectivity index (χ3n) is 2.73. The molecule has 0 bridgehead atoms. The number of hydrogen-bond donors (Lipinski definition) is 0. The maximum Gasteiger partial charge on any atom is 0.516 e. The highest BCUT2D eigenvalue weighted by molar-refractivity contribution is 5.88. The molecule has 0 aromatic carbocycles. The van der Waals surface area contributed by atoms with E-state index in [2.05, 4.69) is 4.74 Å². The van der Waals surface area contributed by atoms with Crippen LogP contribution in [0.1, 0.15) is 54.4 Å². The van der Waals surface area contributed by atoms with E-state index in [4.69, 9.17) is 9.47 Å². The topological polar surface area (TPSA) is 82.1 Å². The smallest absolute Gasteiger partial charge is 0.444 e. The van der Waals surface area contributed by atoms with Crippen LogP contribution in [0.5, 0.6) is 0 Å². The van der Waals surface area contributed by atoms with Crippen molar-refractivity contribution in [2.45, 2.75) is 71.6 Å². The predicted molar refractivity (Wildman–Crippen MR) is 78.3 cm³/mol. The molecule has 126 valence electrons. The number of carbonyl (C=O) groups is 3. The minimum absolute atomic E-state index is 0.392. The molecule has 0 aromatic rings. The average Bonchev–Trinajstić information content (AvgIpc) is 2.71. The van der Waals surface area contributed by atoms with E-state index in [-0.39, 0.29) is 0 Å². The van der Waals surface area contributed by atoms with Crippen LogP contribution >= 0.6 is 0 Å². The van der Waals surface area contributed by atoms with Gasteiger partial charge in [-0.15, -0.1) is 0 Å². The zero-order chi connectivity index (χ0) is 17.1. The molecular weight excluding hydrogens is 290 g/mol. The van der Waals surface area contributed by atoms with Crippen LogP contribution in [0.4, 0.5) is 9.59 Å². The van der Waals surface area contributed by atoms with Crippen LogP contribution in [0.3, 0.4) is 0 Å². The largest absolute Gasteiger partial charge is 0.516 e. The summed E-state index contributed by atoms with van der Waals surface area (Å²) in [6, 6.07) is -0.817. The summed E-state index contributed by atoms with van der Waals surface area (Å²) < 4.78 is 14.8. The van der Waals surface area contributed by atoms with Crippen LogP contribution in [-0.4, -0.2) is 46.9 Å². The molecule has 1 fully saturated rings. The second kappa shape index (κ2) is 6.54. The number of carbonyl (C=O) groups excluding carboxylic acids is 3. The number of ether oxygens (including phenoxy) is 3. The molecular formula is C15H25NO6. The maximum absolute atomic E-state index is 12.1. The summed E-state index contributed by atoms with van der Waals surface area (Å²) in [5.74, 6) is -0.794. The van der Waals surface area contributed by atoms with Gasteiger partial charge in [-0.3, -0.25) is 4.90 Å². The van der Waals surface area contributed by atoms with E-state index in [0.717, 1.165) is 0 Å². The zero-order valence-electron chi connectivity index (χ0n) is 14.1. The Bertz CT molecular complexity index is 446. The van der Waals surface area contributed by atoms with Gasteiger partial charge in [0.2, 0.25) is 0 Å². The summed E-state index contributed by atoms with van der Waals surface area (Å²) in [6.07, 6.45) is -0.571. The third-order valence-corrected chi connectivity index (χ3v) is 2.73. The van der Waals surface area contributed by atoms with E-state index >= 15 is 0 Å². The van der Waals surface area contributed by atoms with Gasteiger partial charge in [0.1, 0.15) is 17.2 Å². The average molecular weight is 315 g/mol. The number of likely N-dealkylation sites (tertiary alicyclic amines) is 1. The molecule has 1 unspecified atom stereocenters. The first kappa shape index (κ1) is 18.3. The highest BCUT2D eigenvalue weighted by atomic mass is 16.7. The molecule has 1 heterocycles. The summed E-state index contributed by atoms with van der Waals surface area (Å²) in [6.45, 7) is 10.6. The maximum atomic E-state index is 12.1. The van der Waals surface area contributed by atoms with Crippen LogP contribution in [0, 0.1) is 0 Å². The third kappa shape index (κ3) is 5.91. The van der Waals surface area contributed by atoms with Crippen molar-refractivity contribution in [2.75, 3.05) is 6.54 Å². The van der Waals surface area contributed by atoms with E-state index < -0.39 is 35.5 Å². The Labute approximate surface area is 130 Å². The lowest BCUT2D eigenvalue weighted by atomic mass is 10.2. The zero-order valence-corrected chi connectivity index (χ0v) is 14.1. The highest BCUT2D eigenvalue weighted by Crippen LogP contribution is 2.22. The minimum atomic E-state index is -1.06. The van der Waals surface area contributed by atoms with Gasteiger partial charge in [-0.2, -0.15) is 0 Å². The van der Waals surface area contributed by atoms with Gasteiger partial charge >= 0.3 is 18.2 Å². The first-order chi connectivity index (χ1) is 9.89. The summed E-state index contributed by atoms with van der Waals surface area (Å²) in [5, 5.41) is 0. The Hall–Kier alpha value is -1.79. The number of amides is 1. The SMILES string of the molecule is CC(C)(C)OC(=O)OC(=O)C1CCCN1C(=O)OC(C)(C)C. The van der Waals surface area contributed by atoms with Crippen molar-refractivity contribution in [3.05, 3.63) is 0 Å². The highest BCUT2D eigenvalue weighted by Gasteiger charge is 2.39. The molecule has 1 amide bonds. The van der Waals surface area contributed by atoms with Crippen molar-refractivity contribution >= 4 is 18.2 Å². The van der Waals surface area contributed by atoms with Gasteiger partial charge in [-0.25, -0.2) is 14.4 Å². The van der Waals surface area contributed by atoms with Crippen molar-refractivity contribution in [3.8, 4) is 0 Å². The molecule has 7 heteroatoms. The Morgan fingerprint density at radius 2 is 1.50 bits per heavy atom. The second-order valence-electron chi connectivity index (χ2n) is 7.22. The van der Waals surface area contributed by atoms with Crippen molar-refractivity contribution in [2.24, 2.45) is 0 Å². The number of hydrogen-bond acceptors (Lipinski definition) is 6. The van der Waals surface area contributed by atoms with Crippen molar-refractivity contribution in [1.82, 2.24) is 4.90 Å². The molecule has 1 aliphatic heterocycles. The lowest BCUT2D eigenvalue weighted by molar-refractivity contribution is -0.146. The summed E-state index contributed by atoms with van der Waals surface area (Å²) in [7, 11) is 0. The van der Waals surface area contributed by atoms with Crippen LogP contribution < -0.4 is 0 Å². The molecule has 0 aliphatic carbocycles. The van der Waals surface area contributed by atoms with Crippen molar-refractivity contribution in [3.63, 3.8) is 0 Å². The van der Waals surface area contributed by atoms with Crippen molar-refractivity contribution in [1.29, 1.82) is 0 Å². The monoisotopic (exact) mass is 315 g/mol. The Morgan fingerprint density at radius 3 is 2.00 bits per heavy atom. The summed E-state index contributed by atoms with van der Waals surface area (Å²) in [5.41, 5.74) is -1.41. The number of nitrogens with zero attached hydrogens (tertiary/aromatic N) is 1. The van der Waals surface area contributed by atoms with Crippen LogP contribution in [-0.2, 0) is 19.0 Å². The fourth-order valence-corrected chi connectivity index (χ4v) is 1.97. The van der Waals surface area contributed by atoms with Crippen LogP contribution in [0.25, 0.3) is 0 Å². The number of rotatable bonds is 1. The number of esters is 1. The molecule has 1 atom stereocenters.